The van der Waals surface area contributed by atoms with Crippen LogP contribution in [0.5, 0.6) is 0 Å². The molecule has 0 aliphatic heterocycles. The van der Waals surface area contributed by atoms with Gasteiger partial charge in [0.2, 0.25) is 0 Å². The Bertz CT molecular complexity index is 1650. The van der Waals surface area contributed by atoms with Gasteiger partial charge < -0.3 is 7.16 Å². The zero-order valence-corrected chi connectivity index (χ0v) is 21.1. The van der Waals surface area contributed by atoms with E-state index in [-0.39, 0.29) is 47.3 Å². The van der Waals surface area contributed by atoms with Gasteiger partial charge in [-0.05, 0) is 29.0 Å². The molecule has 0 fully saturated rings. The van der Waals surface area contributed by atoms with Crippen LogP contribution < -0.4 is 35.3 Å². The molecule has 0 saturated carbocycles. The van der Waals surface area contributed by atoms with Gasteiger partial charge in [-0.15, -0.1) is 10.2 Å². The molecule has 3 N–H and O–H groups in total. The first-order valence-corrected chi connectivity index (χ1v) is 11.5. The molecule has 0 bridgehead atoms. The third-order valence-corrected chi connectivity index (χ3v) is 6.28. The molecule has 1 heterocycles. The van der Waals surface area contributed by atoms with E-state index < -0.39 is 10.1 Å². The molecular weight excluding hydrogens is 459 g/mol. The minimum Gasteiger partial charge on any atom is -1.00 e. The number of aromatic nitrogens is 1. The van der Waals surface area contributed by atoms with Gasteiger partial charge >= 0.3 is 29.6 Å². The summed E-state index contributed by atoms with van der Waals surface area (Å²) in [4.78, 5) is 4.25. The second kappa shape index (κ2) is 9.61. The summed E-state index contributed by atoms with van der Waals surface area (Å²) in [5.74, 6) is 0. The van der Waals surface area contributed by atoms with Crippen molar-refractivity contribution in [2.45, 2.75) is 4.90 Å². The van der Waals surface area contributed by atoms with Crippen molar-refractivity contribution < 1.29 is 44.0 Å². The van der Waals surface area contributed by atoms with Gasteiger partial charge in [0.25, 0.3) is 10.1 Å². The second-order valence-corrected chi connectivity index (χ2v) is 8.85. The third kappa shape index (κ3) is 4.59. The minimum absolute atomic E-state index is 0. The number of hydrogen-bond acceptors (Lipinski definition) is 6. The topological polar surface area (TPSA) is 118 Å². The maximum atomic E-state index is 11.9. The molecule has 0 aliphatic carbocycles. The Morgan fingerprint density at radius 1 is 0.824 bits per heavy atom. The van der Waals surface area contributed by atoms with E-state index in [9.17, 15) is 13.0 Å². The van der Waals surface area contributed by atoms with Gasteiger partial charge in [-0.3, -0.25) is 9.54 Å². The van der Waals surface area contributed by atoms with Crippen LogP contribution in [0.4, 0.5) is 17.1 Å². The predicted octanol–water partition coefficient (Wildman–Crippen LogP) is 3.42. The minimum atomic E-state index is -4.48. The van der Waals surface area contributed by atoms with Crippen molar-refractivity contribution in [1.29, 1.82) is 0 Å². The quantitative estimate of drug-likeness (QED) is 0.178. The Kier molecular flexibility index (Phi) is 6.79. The van der Waals surface area contributed by atoms with Gasteiger partial charge in [0.1, 0.15) is 16.3 Å². The second-order valence-electron chi connectivity index (χ2n) is 7.46. The van der Waals surface area contributed by atoms with Crippen molar-refractivity contribution in [3.63, 3.8) is 0 Å². The summed E-state index contributed by atoms with van der Waals surface area (Å²) in [7, 11) is -4.48. The van der Waals surface area contributed by atoms with Gasteiger partial charge in [0.15, 0.2) is 0 Å². The summed E-state index contributed by atoms with van der Waals surface area (Å²) in [5, 5.41) is 11.3. The number of nitrogens with zero attached hydrogens (tertiary/aromatic N) is 3. The van der Waals surface area contributed by atoms with Gasteiger partial charge in [0.05, 0.1) is 17.6 Å². The number of nitrogen functional groups attached to an aromatic ring is 1. The summed E-state index contributed by atoms with van der Waals surface area (Å²) >= 11 is 0. The van der Waals surface area contributed by atoms with Crippen molar-refractivity contribution in [2.75, 3.05) is 5.73 Å². The summed E-state index contributed by atoms with van der Waals surface area (Å²) in [6.45, 7) is 0. The molecule has 5 rings (SSSR count). The number of pyridine rings is 1. The number of fused-ring (bicyclic) bond motifs is 2. The van der Waals surface area contributed by atoms with Crippen LogP contribution in [0.15, 0.2) is 106 Å². The Hall–Kier alpha value is -3.14. The van der Waals surface area contributed by atoms with Crippen LogP contribution in [0, 0.1) is 0 Å². The summed E-state index contributed by atoms with van der Waals surface area (Å²) in [6.07, 6.45) is 1.58. The molecule has 164 valence electrons. The van der Waals surface area contributed by atoms with E-state index in [2.05, 4.69) is 33.4 Å². The van der Waals surface area contributed by atoms with E-state index in [0.29, 0.717) is 16.5 Å². The first kappa shape index (κ1) is 24.0. The molecule has 0 atom stereocenters. The molecule has 0 unspecified atom stereocenters. The van der Waals surface area contributed by atoms with Crippen LogP contribution in [0.2, 0.25) is 0 Å². The molecule has 1 aromatic heterocycles. The number of anilines is 1. The van der Waals surface area contributed by atoms with Gasteiger partial charge in [0, 0.05) is 16.3 Å². The smallest absolute Gasteiger partial charge is 1.00 e. The van der Waals surface area contributed by atoms with E-state index in [0.717, 1.165) is 22.0 Å². The zero-order valence-electron chi connectivity index (χ0n) is 19.3. The van der Waals surface area contributed by atoms with E-state index in [1.807, 2.05) is 30.3 Å². The molecule has 9 heteroatoms. The summed E-state index contributed by atoms with van der Waals surface area (Å²) < 4.78 is 33.4. The van der Waals surface area contributed by atoms with Crippen LogP contribution >= 0.6 is 0 Å². The van der Waals surface area contributed by atoms with Gasteiger partial charge in [-0.1, -0.05) is 66.7 Å². The van der Waals surface area contributed by atoms with Crippen LogP contribution in [0.1, 0.15) is 1.43 Å². The fourth-order valence-electron chi connectivity index (χ4n) is 3.81. The standard InChI is InChI=1S/C25H18N4O3S.Na.H/c26-25-21-10-4-3-9-20(21)24(33(30,31)32)14-23(25)29-28-17-12-13-22(27-15-17)19-11-5-7-16-6-1-2-8-18(16)19;;/h1-15H,26H2,(H,30,31,32);;/q;+1;-1. The molecule has 0 saturated heterocycles. The Morgan fingerprint density at radius 2 is 1.50 bits per heavy atom. The first-order valence-electron chi connectivity index (χ1n) is 10.1. The maximum absolute atomic E-state index is 11.9. The van der Waals surface area contributed by atoms with E-state index in [1.54, 1.807) is 36.5 Å². The number of hydrogen-bond donors (Lipinski definition) is 2. The average Bonchev–Trinajstić information content (AvgIpc) is 2.83. The van der Waals surface area contributed by atoms with E-state index in [1.165, 1.54) is 6.07 Å². The van der Waals surface area contributed by atoms with Crippen molar-refractivity contribution in [3.8, 4) is 11.3 Å². The SMILES string of the molecule is Nc1c(N=Nc2ccc(-c3cccc4ccccc34)nc2)cc(S(=O)(=O)O)c2ccccc12.[H-].[Na+]. The number of nitrogens with two attached hydrogens (primary N) is 1. The zero-order chi connectivity index (χ0) is 23.0. The average molecular weight is 479 g/mol. The van der Waals surface area contributed by atoms with E-state index >= 15 is 0 Å². The first-order chi connectivity index (χ1) is 15.9. The fraction of sp³-hybridized carbons (Fsp3) is 0. The van der Waals surface area contributed by atoms with Crippen LogP contribution in [-0.2, 0) is 10.1 Å². The van der Waals surface area contributed by atoms with Crippen molar-refractivity contribution in [1.82, 2.24) is 4.98 Å². The maximum Gasteiger partial charge on any atom is 1.00 e. The van der Waals surface area contributed by atoms with Crippen LogP contribution in [0.3, 0.4) is 0 Å². The molecule has 0 amide bonds. The molecule has 34 heavy (non-hydrogen) atoms. The normalized spacial score (nSPS) is 11.7. The monoisotopic (exact) mass is 478 g/mol. The largest absolute Gasteiger partial charge is 1.00 e. The molecule has 0 aliphatic rings. The molecule has 7 nitrogen and oxygen atoms in total. The van der Waals surface area contributed by atoms with E-state index in [4.69, 9.17) is 5.73 Å². The molecule has 4 aromatic carbocycles. The van der Waals surface area contributed by atoms with Gasteiger partial charge in [-0.2, -0.15) is 8.42 Å². The Labute approximate surface area is 219 Å². The molecular formula is C25H19N4NaO3S. The number of azo groups is 1. The van der Waals surface area contributed by atoms with Crippen LogP contribution in [0.25, 0.3) is 32.8 Å². The number of rotatable bonds is 4. The molecule has 0 spiro atoms. The Morgan fingerprint density at radius 3 is 2.21 bits per heavy atom. The molecule has 0 radical (unpaired) electrons. The van der Waals surface area contributed by atoms with Crippen LogP contribution in [-0.4, -0.2) is 18.0 Å². The third-order valence-electron chi connectivity index (χ3n) is 5.39. The molecule has 5 aromatic rings. The number of benzene rings is 4. The fourth-order valence-corrected chi connectivity index (χ4v) is 4.53. The Balaban J connectivity index is 0.00000171. The van der Waals surface area contributed by atoms with Crippen molar-refractivity contribution in [3.05, 3.63) is 91.1 Å². The van der Waals surface area contributed by atoms with Crippen molar-refractivity contribution >= 4 is 48.7 Å². The summed E-state index contributed by atoms with van der Waals surface area (Å²) in [5.41, 5.74) is 8.88. The summed E-state index contributed by atoms with van der Waals surface area (Å²) in [6, 6.07) is 25.6. The predicted molar refractivity (Wildman–Crippen MR) is 131 cm³/mol. The van der Waals surface area contributed by atoms with Gasteiger partial charge in [-0.25, -0.2) is 0 Å². The van der Waals surface area contributed by atoms with Crippen molar-refractivity contribution in [2.24, 2.45) is 10.2 Å².